The summed E-state index contributed by atoms with van der Waals surface area (Å²) in [5.74, 6) is -0.842. The van der Waals surface area contributed by atoms with Crippen molar-refractivity contribution in [3.05, 3.63) is 35.0 Å². The summed E-state index contributed by atoms with van der Waals surface area (Å²) in [7, 11) is 1.80. The summed E-state index contributed by atoms with van der Waals surface area (Å²) in [5.41, 5.74) is 1.95. The van der Waals surface area contributed by atoms with Crippen LogP contribution in [0.1, 0.15) is 59.1 Å². The van der Waals surface area contributed by atoms with Crippen LogP contribution in [0.4, 0.5) is 0 Å². The van der Waals surface area contributed by atoms with Gasteiger partial charge in [0.2, 0.25) is 0 Å². The van der Waals surface area contributed by atoms with Gasteiger partial charge in [-0.05, 0) is 32.0 Å². The molecule has 1 aliphatic carbocycles. The fourth-order valence-electron chi connectivity index (χ4n) is 3.77. The number of aliphatic hydroxyl groups excluding tert-OH is 1. The van der Waals surface area contributed by atoms with E-state index in [9.17, 15) is 9.59 Å². The molecule has 0 atom stereocenters. The summed E-state index contributed by atoms with van der Waals surface area (Å²) in [6.45, 7) is 2.97. The highest BCUT2D eigenvalue weighted by molar-refractivity contribution is 7.17. The number of carboxylic acid groups (broad SMARTS) is 1. The highest BCUT2D eigenvalue weighted by Gasteiger charge is 2.36. The van der Waals surface area contributed by atoms with Gasteiger partial charge in [-0.3, -0.25) is 4.79 Å². The zero-order valence-corrected chi connectivity index (χ0v) is 18.6. The molecule has 9 heteroatoms. The lowest BCUT2D eigenvalue weighted by molar-refractivity contribution is 0.0701. The number of carboxylic acids is 1. The molecule has 3 aromatic rings. The van der Waals surface area contributed by atoms with Crippen molar-refractivity contribution in [3.8, 4) is 10.6 Å². The topological polar surface area (TPSA) is 128 Å². The predicted molar refractivity (Wildman–Crippen MR) is 121 cm³/mol. The molecule has 1 saturated carbocycles. The third-order valence-corrected chi connectivity index (χ3v) is 6.66. The van der Waals surface area contributed by atoms with Crippen LogP contribution in [0.2, 0.25) is 0 Å². The number of Topliss-reactive ketones (excluding diaryl/α,β-unsaturated/α-hetero) is 1. The van der Waals surface area contributed by atoms with E-state index in [1.807, 2.05) is 6.92 Å². The first-order valence-electron chi connectivity index (χ1n) is 10.4. The zero-order valence-electron chi connectivity index (χ0n) is 17.8. The monoisotopic (exact) mass is 444 g/mol. The Balaban J connectivity index is 0.000000491. The third kappa shape index (κ3) is 5.17. The zero-order chi connectivity index (χ0) is 22.4. The van der Waals surface area contributed by atoms with E-state index in [0.29, 0.717) is 29.0 Å². The van der Waals surface area contributed by atoms with E-state index in [1.54, 1.807) is 31.6 Å². The molecule has 0 amide bonds. The number of aromatic nitrogens is 3. The number of rotatable bonds is 6. The van der Waals surface area contributed by atoms with Crippen molar-refractivity contribution in [2.45, 2.75) is 39.0 Å². The van der Waals surface area contributed by atoms with Crippen molar-refractivity contribution in [1.29, 1.82) is 0 Å². The summed E-state index contributed by atoms with van der Waals surface area (Å²) in [4.78, 5) is 37.3. The van der Waals surface area contributed by atoms with Crippen LogP contribution in [0.15, 0.2) is 24.5 Å². The van der Waals surface area contributed by atoms with Crippen LogP contribution in [-0.4, -0.2) is 57.1 Å². The molecule has 3 aromatic heterocycles. The molecule has 0 unspecified atom stereocenters. The number of likely N-dealkylation sites (N-methyl/N-ethyl adjacent to an activating group) is 1. The number of hydrogen-bond acceptors (Lipinski definition) is 7. The number of thiophene rings is 1. The molecule has 0 spiro atoms. The fraction of sp³-hybridized carbons (Fsp3) is 0.455. The van der Waals surface area contributed by atoms with Crippen molar-refractivity contribution in [1.82, 2.24) is 20.3 Å². The molecule has 0 bridgehead atoms. The van der Waals surface area contributed by atoms with Crippen LogP contribution >= 0.6 is 11.3 Å². The lowest BCUT2D eigenvalue weighted by Gasteiger charge is -2.31. The molecule has 0 saturated heterocycles. The van der Waals surface area contributed by atoms with Gasteiger partial charge in [0.05, 0.1) is 28.9 Å². The largest absolute Gasteiger partial charge is 0.477 e. The minimum atomic E-state index is -0.960. The number of carbonyl (C=O) groups is 2. The van der Waals surface area contributed by atoms with Gasteiger partial charge in [-0.25, -0.2) is 14.8 Å². The lowest BCUT2D eigenvalue weighted by atomic mass is 9.71. The second kappa shape index (κ2) is 10.1. The maximum Gasteiger partial charge on any atom is 0.345 e. The van der Waals surface area contributed by atoms with E-state index >= 15 is 0 Å². The number of carbonyl (C=O) groups excluding carboxylic acids is 1. The number of aromatic amines is 1. The summed E-state index contributed by atoms with van der Waals surface area (Å²) < 4.78 is 0. The molecule has 1 fully saturated rings. The molecular weight excluding hydrogens is 416 g/mol. The SMILES string of the molecule is CC1(C(=O)c2c[nH]c3ncc(-c4ccc(C(=O)O)s4)nc23)CCCCC1.CNCCO. The lowest BCUT2D eigenvalue weighted by Crippen LogP contribution is -2.30. The maximum absolute atomic E-state index is 13.2. The van der Waals surface area contributed by atoms with E-state index in [1.165, 1.54) is 6.42 Å². The molecule has 0 radical (unpaired) electrons. The summed E-state index contributed by atoms with van der Waals surface area (Å²) in [6, 6.07) is 3.28. The molecule has 0 aliphatic heterocycles. The highest BCUT2D eigenvalue weighted by Crippen LogP contribution is 2.39. The molecule has 166 valence electrons. The number of hydrogen-bond donors (Lipinski definition) is 4. The highest BCUT2D eigenvalue weighted by atomic mass is 32.1. The van der Waals surface area contributed by atoms with Gasteiger partial charge in [0.25, 0.3) is 0 Å². The first kappa shape index (κ1) is 23.1. The van der Waals surface area contributed by atoms with E-state index in [0.717, 1.165) is 41.9 Å². The molecule has 0 aromatic carbocycles. The molecule has 3 heterocycles. The molecule has 1 aliphatic rings. The van der Waals surface area contributed by atoms with Gasteiger partial charge in [-0.2, -0.15) is 0 Å². The Kier molecular flexibility index (Phi) is 7.53. The standard InChI is InChI=1S/C19H19N3O3S.C3H9NO/c1-19(7-3-2-4-8-19)16(23)11-9-20-17-15(11)22-12(10-21-17)13-5-6-14(26-13)18(24)25;1-4-2-3-5/h5-6,9-10H,2-4,7-8H2,1H3,(H,20,21)(H,24,25);4-5H,2-3H2,1H3. The van der Waals surface area contributed by atoms with Crippen LogP contribution in [0.5, 0.6) is 0 Å². The Morgan fingerprint density at radius 1 is 1.26 bits per heavy atom. The number of nitrogens with one attached hydrogen (secondary N) is 2. The fourth-order valence-corrected chi connectivity index (χ4v) is 4.57. The van der Waals surface area contributed by atoms with Crippen molar-refractivity contribution in [3.63, 3.8) is 0 Å². The minimum Gasteiger partial charge on any atom is -0.477 e. The summed E-state index contributed by atoms with van der Waals surface area (Å²) in [6.07, 6.45) is 8.45. The van der Waals surface area contributed by atoms with Gasteiger partial charge in [-0.15, -0.1) is 11.3 Å². The van der Waals surface area contributed by atoms with Crippen molar-refractivity contribution in [2.24, 2.45) is 5.41 Å². The number of ketones is 1. The van der Waals surface area contributed by atoms with Gasteiger partial charge >= 0.3 is 5.97 Å². The molecule has 4 rings (SSSR count). The minimum absolute atomic E-state index is 0.118. The molecule has 4 N–H and O–H groups in total. The molecule has 8 nitrogen and oxygen atoms in total. The Hall–Kier alpha value is -2.62. The van der Waals surface area contributed by atoms with Gasteiger partial charge in [0.1, 0.15) is 10.4 Å². The Bertz CT molecular complexity index is 1050. The first-order valence-corrected chi connectivity index (χ1v) is 11.2. The average molecular weight is 445 g/mol. The Morgan fingerprint density at radius 3 is 2.58 bits per heavy atom. The van der Waals surface area contributed by atoms with Crippen LogP contribution in [0, 0.1) is 5.41 Å². The third-order valence-electron chi connectivity index (χ3n) is 5.56. The summed E-state index contributed by atoms with van der Waals surface area (Å²) >= 11 is 1.15. The van der Waals surface area contributed by atoms with Crippen molar-refractivity contribution in [2.75, 3.05) is 20.2 Å². The number of aromatic carboxylic acids is 1. The maximum atomic E-state index is 13.2. The predicted octanol–water partition coefficient (Wildman–Crippen LogP) is 3.74. The Labute approximate surface area is 184 Å². The van der Waals surface area contributed by atoms with E-state index in [4.69, 9.17) is 10.2 Å². The van der Waals surface area contributed by atoms with E-state index in [2.05, 4.69) is 20.3 Å². The number of nitrogens with zero attached hydrogens (tertiary/aromatic N) is 2. The second-order valence-electron chi connectivity index (χ2n) is 7.90. The quantitative estimate of drug-likeness (QED) is 0.426. The first-order chi connectivity index (χ1) is 14.9. The van der Waals surface area contributed by atoms with E-state index in [-0.39, 0.29) is 22.7 Å². The smallest absolute Gasteiger partial charge is 0.345 e. The van der Waals surface area contributed by atoms with Crippen molar-refractivity contribution < 1.29 is 19.8 Å². The average Bonchev–Trinajstić information content (AvgIpc) is 3.42. The normalized spacial score (nSPS) is 15.3. The van der Waals surface area contributed by atoms with Crippen LogP contribution in [0.25, 0.3) is 21.7 Å². The van der Waals surface area contributed by atoms with Crippen LogP contribution in [0.3, 0.4) is 0 Å². The van der Waals surface area contributed by atoms with Gasteiger partial charge in [0.15, 0.2) is 11.4 Å². The van der Waals surface area contributed by atoms with Gasteiger partial charge in [-0.1, -0.05) is 26.2 Å². The van der Waals surface area contributed by atoms with Gasteiger partial charge in [0, 0.05) is 18.2 Å². The number of H-pyrrole nitrogens is 1. The van der Waals surface area contributed by atoms with Gasteiger partial charge < -0.3 is 20.5 Å². The van der Waals surface area contributed by atoms with Crippen LogP contribution < -0.4 is 5.32 Å². The second-order valence-corrected chi connectivity index (χ2v) is 8.99. The summed E-state index contributed by atoms with van der Waals surface area (Å²) in [5, 5.41) is 19.9. The van der Waals surface area contributed by atoms with Crippen LogP contribution in [-0.2, 0) is 0 Å². The molecular formula is C22H28N4O4S. The number of aliphatic hydroxyl groups is 1. The van der Waals surface area contributed by atoms with E-state index < -0.39 is 5.97 Å². The van der Waals surface area contributed by atoms with Crippen molar-refractivity contribution >= 4 is 34.3 Å². The molecule has 31 heavy (non-hydrogen) atoms. The number of fused-ring (bicyclic) bond motifs is 1. The Morgan fingerprint density at radius 2 is 2.00 bits per heavy atom.